The van der Waals surface area contributed by atoms with E-state index in [1.807, 2.05) is 107 Å². The molecule has 0 aliphatic heterocycles. The highest BCUT2D eigenvalue weighted by Gasteiger charge is 2.18. The van der Waals surface area contributed by atoms with Crippen LogP contribution >= 0.6 is 0 Å². The number of aromatic nitrogens is 4. The number of hydrogen-bond donors (Lipinski definition) is 1. The van der Waals surface area contributed by atoms with Gasteiger partial charge in [0.2, 0.25) is 0 Å². The van der Waals surface area contributed by atoms with Crippen LogP contribution in [0.5, 0.6) is 0 Å². The summed E-state index contributed by atoms with van der Waals surface area (Å²) in [6.45, 7) is 1.09. The van der Waals surface area contributed by atoms with Crippen molar-refractivity contribution in [2.45, 2.75) is 13.0 Å². The van der Waals surface area contributed by atoms with Crippen LogP contribution in [-0.2, 0) is 13.0 Å². The SMILES string of the molecule is O=C(NCCc1ccn(-c2ccccc2)n1)c1cn(Cc2ccccc2)nc1-c1ccccc1. The molecule has 0 aliphatic carbocycles. The van der Waals surface area contributed by atoms with Gasteiger partial charge >= 0.3 is 0 Å². The first-order valence-electron chi connectivity index (χ1n) is 11.3. The molecular formula is C28H25N5O. The first-order chi connectivity index (χ1) is 16.8. The van der Waals surface area contributed by atoms with Crippen LogP contribution in [0.1, 0.15) is 21.6 Å². The number of rotatable bonds is 8. The summed E-state index contributed by atoms with van der Waals surface area (Å²) in [5.74, 6) is -0.138. The molecule has 2 aromatic heterocycles. The molecule has 0 spiro atoms. The number of nitrogens with zero attached hydrogens (tertiary/aromatic N) is 4. The molecule has 3 aromatic carbocycles. The number of carbonyl (C=O) groups excluding carboxylic acids is 1. The minimum Gasteiger partial charge on any atom is -0.352 e. The van der Waals surface area contributed by atoms with Crippen LogP contribution in [0.3, 0.4) is 0 Å². The number of para-hydroxylation sites is 1. The predicted octanol–water partition coefficient (Wildman–Crippen LogP) is 4.76. The second-order valence-electron chi connectivity index (χ2n) is 8.03. The summed E-state index contributed by atoms with van der Waals surface area (Å²) in [6, 6.07) is 31.9. The van der Waals surface area contributed by atoms with Gasteiger partial charge in [0, 0.05) is 30.9 Å². The molecule has 0 atom stereocenters. The zero-order valence-corrected chi connectivity index (χ0v) is 18.7. The Bertz CT molecular complexity index is 1360. The highest BCUT2D eigenvalue weighted by Crippen LogP contribution is 2.22. The lowest BCUT2D eigenvalue weighted by molar-refractivity contribution is 0.0954. The van der Waals surface area contributed by atoms with Crippen molar-refractivity contribution in [3.05, 3.63) is 126 Å². The number of benzene rings is 3. The molecule has 6 nitrogen and oxygen atoms in total. The highest BCUT2D eigenvalue weighted by atomic mass is 16.1. The normalized spacial score (nSPS) is 10.8. The third kappa shape index (κ3) is 4.96. The monoisotopic (exact) mass is 447 g/mol. The molecule has 0 bridgehead atoms. The lowest BCUT2D eigenvalue weighted by Crippen LogP contribution is -2.26. The fraction of sp³-hybridized carbons (Fsp3) is 0.107. The van der Waals surface area contributed by atoms with Crippen molar-refractivity contribution < 1.29 is 4.79 Å². The summed E-state index contributed by atoms with van der Waals surface area (Å²) in [4.78, 5) is 13.1. The van der Waals surface area contributed by atoms with E-state index >= 15 is 0 Å². The molecule has 1 amide bonds. The Hall–Kier alpha value is -4.45. The van der Waals surface area contributed by atoms with E-state index < -0.39 is 0 Å². The van der Waals surface area contributed by atoms with Gasteiger partial charge in [-0.2, -0.15) is 10.2 Å². The standard InChI is InChI=1S/C28H25N5O/c34-28(29-18-16-24-17-19-33(30-24)25-14-8-3-9-15-25)26-21-32(20-22-10-4-1-5-11-22)31-27(26)23-12-6-2-7-13-23/h1-15,17,19,21H,16,18,20H2,(H,29,34). The van der Waals surface area contributed by atoms with E-state index in [2.05, 4.69) is 22.5 Å². The Balaban J connectivity index is 1.29. The van der Waals surface area contributed by atoms with Crippen molar-refractivity contribution >= 4 is 5.91 Å². The van der Waals surface area contributed by atoms with E-state index in [0.717, 1.165) is 22.5 Å². The number of amides is 1. The topological polar surface area (TPSA) is 64.7 Å². The first kappa shape index (κ1) is 21.4. The van der Waals surface area contributed by atoms with Crippen LogP contribution in [0.15, 0.2) is 109 Å². The van der Waals surface area contributed by atoms with E-state index in [0.29, 0.717) is 30.8 Å². The molecule has 0 fully saturated rings. The molecular weight excluding hydrogens is 422 g/mol. The number of carbonyl (C=O) groups is 1. The summed E-state index contributed by atoms with van der Waals surface area (Å²) in [7, 11) is 0. The fourth-order valence-corrected chi connectivity index (χ4v) is 3.87. The summed E-state index contributed by atoms with van der Waals surface area (Å²) >= 11 is 0. The van der Waals surface area contributed by atoms with Crippen molar-refractivity contribution in [1.82, 2.24) is 24.9 Å². The third-order valence-corrected chi connectivity index (χ3v) is 5.57. The van der Waals surface area contributed by atoms with Crippen LogP contribution in [0.25, 0.3) is 16.9 Å². The zero-order chi connectivity index (χ0) is 23.2. The minimum atomic E-state index is -0.138. The molecule has 0 aliphatic rings. The van der Waals surface area contributed by atoms with Crippen LogP contribution in [0, 0.1) is 0 Å². The molecule has 0 saturated carbocycles. The maximum Gasteiger partial charge on any atom is 0.255 e. The van der Waals surface area contributed by atoms with Crippen molar-refractivity contribution in [3.8, 4) is 16.9 Å². The molecule has 0 unspecified atom stereocenters. The Morgan fingerprint density at radius 3 is 2.21 bits per heavy atom. The third-order valence-electron chi connectivity index (χ3n) is 5.57. The number of nitrogens with one attached hydrogen (secondary N) is 1. The molecule has 0 radical (unpaired) electrons. The first-order valence-corrected chi connectivity index (χ1v) is 11.3. The van der Waals surface area contributed by atoms with Gasteiger partial charge in [-0.1, -0.05) is 78.9 Å². The van der Waals surface area contributed by atoms with Gasteiger partial charge in [0.25, 0.3) is 5.91 Å². The molecule has 5 rings (SSSR count). The summed E-state index contributed by atoms with van der Waals surface area (Å²) in [6.07, 6.45) is 4.41. The molecule has 6 heteroatoms. The molecule has 0 saturated heterocycles. The second-order valence-corrected chi connectivity index (χ2v) is 8.03. The van der Waals surface area contributed by atoms with Gasteiger partial charge in [0.05, 0.1) is 23.5 Å². The van der Waals surface area contributed by atoms with E-state index in [-0.39, 0.29) is 5.91 Å². The van der Waals surface area contributed by atoms with Crippen molar-refractivity contribution in [3.63, 3.8) is 0 Å². The van der Waals surface area contributed by atoms with Crippen LogP contribution in [-0.4, -0.2) is 32.0 Å². The average molecular weight is 448 g/mol. The summed E-state index contributed by atoms with van der Waals surface area (Å²) in [5.41, 5.74) is 5.23. The quantitative estimate of drug-likeness (QED) is 0.373. The Morgan fingerprint density at radius 2 is 1.47 bits per heavy atom. The fourth-order valence-electron chi connectivity index (χ4n) is 3.87. The molecule has 168 valence electrons. The second kappa shape index (κ2) is 10.0. The smallest absolute Gasteiger partial charge is 0.255 e. The van der Waals surface area contributed by atoms with Crippen molar-refractivity contribution in [2.24, 2.45) is 0 Å². The highest BCUT2D eigenvalue weighted by molar-refractivity contribution is 5.99. The maximum atomic E-state index is 13.1. The Morgan fingerprint density at radius 1 is 0.794 bits per heavy atom. The lowest BCUT2D eigenvalue weighted by atomic mass is 10.1. The van der Waals surface area contributed by atoms with Gasteiger partial charge in [-0.3, -0.25) is 9.48 Å². The Kier molecular flexibility index (Phi) is 6.29. The summed E-state index contributed by atoms with van der Waals surface area (Å²) < 4.78 is 3.67. The van der Waals surface area contributed by atoms with Gasteiger partial charge in [-0.15, -0.1) is 0 Å². The summed E-state index contributed by atoms with van der Waals surface area (Å²) in [5, 5.41) is 12.4. The number of hydrogen-bond acceptors (Lipinski definition) is 3. The lowest BCUT2D eigenvalue weighted by Gasteiger charge is -2.05. The molecule has 2 heterocycles. The van der Waals surface area contributed by atoms with Crippen LogP contribution in [0.4, 0.5) is 0 Å². The van der Waals surface area contributed by atoms with E-state index in [1.54, 1.807) is 0 Å². The van der Waals surface area contributed by atoms with Crippen molar-refractivity contribution in [1.29, 1.82) is 0 Å². The van der Waals surface area contributed by atoms with E-state index in [9.17, 15) is 4.79 Å². The van der Waals surface area contributed by atoms with Gasteiger partial charge < -0.3 is 5.32 Å². The van der Waals surface area contributed by atoms with Crippen LogP contribution < -0.4 is 5.32 Å². The molecule has 5 aromatic rings. The largest absolute Gasteiger partial charge is 0.352 e. The Labute approximate surface area is 198 Å². The van der Waals surface area contributed by atoms with Gasteiger partial charge in [0.1, 0.15) is 5.69 Å². The maximum absolute atomic E-state index is 13.1. The minimum absolute atomic E-state index is 0.138. The van der Waals surface area contributed by atoms with Crippen molar-refractivity contribution in [2.75, 3.05) is 6.54 Å². The van der Waals surface area contributed by atoms with Crippen LogP contribution in [0.2, 0.25) is 0 Å². The van der Waals surface area contributed by atoms with Gasteiger partial charge in [0.15, 0.2) is 0 Å². The van der Waals surface area contributed by atoms with Gasteiger partial charge in [-0.05, 0) is 23.8 Å². The van der Waals surface area contributed by atoms with E-state index in [4.69, 9.17) is 5.10 Å². The zero-order valence-electron chi connectivity index (χ0n) is 18.7. The molecule has 34 heavy (non-hydrogen) atoms. The van der Waals surface area contributed by atoms with Gasteiger partial charge in [-0.25, -0.2) is 4.68 Å². The molecule has 1 N–H and O–H groups in total. The van der Waals surface area contributed by atoms with E-state index in [1.165, 1.54) is 0 Å². The predicted molar refractivity (Wildman–Crippen MR) is 133 cm³/mol. The average Bonchev–Trinajstić information content (AvgIpc) is 3.53.